The van der Waals surface area contributed by atoms with Gasteiger partial charge in [-0.25, -0.2) is 4.79 Å². The highest BCUT2D eigenvalue weighted by Crippen LogP contribution is 2.50. The average molecular weight is 340 g/mol. The van der Waals surface area contributed by atoms with Crippen LogP contribution in [-0.2, 0) is 4.79 Å². The number of rotatable bonds is 3. The fourth-order valence-electron chi connectivity index (χ4n) is 3.72. The maximum absolute atomic E-state index is 14.0. The first-order valence-electron chi connectivity index (χ1n) is 8.14. The van der Waals surface area contributed by atoms with Crippen molar-refractivity contribution in [1.82, 2.24) is 0 Å². The number of hydrogen-bond acceptors (Lipinski definition) is 2. The molecular weight excluding hydrogens is 321 g/mol. The van der Waals surface area contributed by atoms with Crippen LogP contribution in [0, 0.1) is 5.92 Å². The van der Waals surface area contributed by atoms with Crippen molar-refractivity contribution in [3.8, 4) is 5.75 Å². The van der Waals surface area contributed by atoms with Crippen LogP contribution in [0.3, 0.4) is 0 Å². The molecule has 1 aromatic rings. The number of carboxylic acids is 1. The SMILES string of the molecule is O=C(O)C1=Cc2ccccc2OC1(CC1CCCCC1)C(F)(F)F. The normalized spacial score (nSPS) is 24.7. The quantitative estimate of drug-likeness (QED) is 0.858. The Morgan fingerprint density at radius 1 is 1.21 bits per heavy atom. The molecule has 1 aromatic carbocycles. The van der Waals surface area contributed by atoms with Crippen molar-refractivity contribution in [1.29, 1.82) is 0 Å². The van der Waals surface area contributed by atoms with E-state index in [0.29, 0.717) is 18.4 Å². The van der Waals surface area contributed by atoms with Crippen LogP contribution in [0.2, 0.25) is 0 Å². The molecule has 1 atom stereocenters. The van der Waals surface area contributed by atoms with Gasteiger partial charge in [0.05, 0.1) is 5.57 Å². The second-order valence-electron chi connectivity index (χ2n) is 6.54. The van der Waals surface area contributed by atoms with Crippen LogP contribution < -0.4 is 4.74 Å². The molecule has 24 heavy (non-hydrogen) atoms. The summed E-state index contributed by atoms with van der Waals surface area (Å²) in [6.07, 6.45) is 0.0809. The van der Waals surface area contributed by atoms with E-state index in [0.717, 1.165) is 25.3 Å². The summed E-state index contributed by atoms with van der Waals surface area (Å²) >= 11 is 0. The van der Waals surface area contributed by atoms with Gasteiger partial charge >= 0.3 is 12.1 Å². The topological polar surface area (TPSA) is 46.5 Å². The zero-order chi connectivity index (χ0) is 17.4. The standard InChI is InChI=1S/C18H19F3O3/c19-18(20,21)17(11-12-6-2-1-3-7-12)14(16(22)23)10-13-8-4-5-9-15(13)24-17/h4-5,8-10,12H,1-3,6-7,11H2,(H,22,23). The van der Waals surface area contributed by atoms with Crippen LogP contribution in [0.1, 0.15) is 44.1 Å². The van der Waals surface area contributed by atoms with Crippen LogP contribution in [0.15, 0.2) is 29.8 Å². The van der Waals surface area contributed by atoms with Crippen molar-refractivity contribution in [2.24, 2.45) is 5.92 Å². The first-order chi connectivity index (χ1) is 11.3. The minimum absolute atomic E-state index is 0.0793. The highest BCUT2D eigenvalue weighted by Gasteiger charge is 2.63. The Morgan fingerprint density at radius 3 is 2.50 bits per heavy atom. The minimum atomic E-state index is -4.80. The number of fused-ring (bicyclic) bond motifs is 1. The largest absolute Gasteiger partial charge is 0.478 e. The average Bonchev–Trinajstić information content (AvgIpc) is 2.54. The number of ether oxygens (including phenoxy) is 1. The van der Waals surface area contributed by atoms with Gasteiger partial charge in [-0.3, -0.25) is 0 Å². The molecule has 1 unspecified atom stereocenters. The lowest BCUT2D eigenvalue weighted by molar-refractivity contribution is -0.241. The summed E-state index contributed by atoms with van der Waals surface area (Å²) in [5.74, 6) is -1.69. The summed E-state index contributed by atoms with van der Waals surface area (Å²) in [5, 5.41) is 9.44. The minimum Gasteiger partial charge on any atom is -0.478 e. The Kier molecular flexibility index (Phi) is 4.32. The van der Waals surface area contributed by atoms with Crippen molar-refractivity contribution in [3.05, 3.63) is 35.4 Å². The summed E-state index contributed by atoms with van der Waals surface area (Å²) in [4.78, 5) is 11.6. The van der Waals surface area contributed by atoms with E-state index in [4.69, 9.17) is 4.74 Å². The summed E-state index contributed by atoms with van der Waals surface area (Å²) in [5.41, 5.74) is -3.15. The van der Waals surface area contributed by atoms with Crippen LogP contribution in [0.5, 0.6) is 5.75 Å². The highest BCUT2D eigenvalue weighted by molar-refractivity contribution is 5.96. The zero-order valence-corrected chi connectivity index (χ0v) is 13.1. The van der Waals surface area contributed by atoms with E-state index >= 15 is 0 Å². The molecule has 6 heteroatoms. The lowest BCUT2D eigenvalue weighted by Crippen LogP contribution is -2.56. The Morgan fingerprint density at radius 2 is 1.88 bits per heavy atom. The lowest BCUT2D eigenvalue weighted by atomic mass is 9.76. The fraction of sp³-hybridized carbons (Fsp3) is 0.500. The van der Waals surface area contributed by atoms with Crippen LogP contribution in [0.4, 0.5) is 13.2 Å². The summed E-state index contributed by atoms with van der Waals surface area (Å²) in [6, 6.07) is 6.23. The first kappa shape index (κ1) is 16.9. The molecule has 1 aliphatic heterocycles. The predicted octanol–water partition coefficient (Wildman–Crippen LogP) is 4.82. The van der Waals surface area contributed by atoms with E-state index in [1.165, 1.54) is 6.07 Å². The van der Waals surface area contributed by atoms with Crippen molar-refractivity contribution >= 4 is 12.0 Å². The molecule has 1 aliphatic carbocycles. The molecular formula is C18H19F3O3. The molecule has 0 amide bonds. The Balaban J connectivity index is 2.08. The Hall–Kier alpha value is -1.98. The van der Waals surface area contributed by atoms with E-state index in [1.807, 2.05) is 0 Å². The predicted molar refractivity (Wildman–Crippen MR) is 82.7 cm³/mol. The maximum atomic E-state index is 14.0. The number of hydrogen-bond donors (Lipinski definition) is 1. The third-order valence-corrected chi connectivity index (χ3v) is 4.93. The molecule has 1 N–H and O–H groups in total. The van der Waals surface area contributed by atoms with Gasteiger partial charge in [0, 0.05) is 12.0 Å². The van der Waals surface area contributed by atoms with Gasteiger partial charge in [-0.1, -0.05) is 50.3 Å². The van der Waals surface area contributed by atoms with E-state index < -0.39 is 23.3 Å². The van der Waals surface area contributed by atoms with E-state index in [-0.39, 0.29) is 18.1 Å². The molecule has 0 radical (unpaired) electrons. The van der Waals surface area contributed by atoms with Gasteiger partial charge in [-0.05, 0) is 18.1 Å². The number of halogens is 3. The highest BCUT2D eigenvalue weighted by atomic mass is 19.4. The molecule has 0 aromatic heterocycles. The molecule has 1 saturated carbocycles. The lowest BCUT2D eigenvalue weighted by Gasteiger charge is -2.42. The molecule has 3 rings (SSSR count). The third-order valence-electron chi connectivity index (χ3n) is 4.93. The Labute approximate surface area is 138 Å². The van der Waals surface area contributed by atoms with Crippen molar-refractivity contribution < 1.29 is 27.8 Å². The number of aliphatic carboxylic acids is 1. The van der Waals surface area contributed by atoms with Crippen molar-refractivity contribution in [2.75, 3.05) is 0 Å². The van der Waals surface area contributed by atoms with E-state index in [1.54, 1.807) is 18.2 Å². The Bertz CT molecular complexity index is 660. The second kappa shape index (κ2) is 6.15. The monoisotopic (exact) mass is 340 g/mol. The summed E-state index contributed by atoms with van der Waals surface area (Å²) in [7, 11) is 0. The van der Waals surface area contributed by atoms with E-state index in [9.17, 15) is 23.1 Å². The van der Waals surface area contributed by atoms with Crippen LogP contribution in [-0.4, -0.2) is 22.9 Å². The number of alkyl halides is 3. The van der Waals surface area contributed by atoms with Gasteiger partial charge in [0.1, 0.15) is 5.75 Å². The summed E-state index contributed by atoms with van der Waals surface area (Å²) in [6.45, 7) is 0. The van der Waals surface area contributed by atoms with Gasteiger partial charge in [0.25, 0.3) is 0 Å². The van der Waals surface area contributed by atoms with Gasteiger partial charge in [0.15, 0.2) is 0 Å². The maximum Gasteiger partial charge on any atom is 0.432 e. The molecule has 130 valence electrons. The zero-order valence-electron chi connectivity index (χ0n) is 13.1. The second-order valence-corrected chi connectivity index (χ2v) is 6.54. The molecule has 0 spiro atoms. The smallest absolute Gasteiger partial charge is 0.432 e. The van der Waals surface area contributed by atoms with Crippen molar-refractivity contribution in [2.45, 2.75) is 50.3 Å². The fourth-order valence-corrected chi connectivity index (χ4v) is 3.72. The molecule has 3 nitrogen and oxygen atoms in total. The van der Waals surface area contributed by atoms with Gasteiger partial charge in [-0.2, -0.15) is 13.2 Å². The first-order valence-corrected chi connectivity index (χ1v) is 8.14. The number of carbonyl (C=O) groups is 1. The molecule has 0 saturated heterocycles. The van der Waals surface area contributed by atoms with Crippen LogP contribution in [0.25, 0.3) is 6.08 Å². The number of para-hydroxylation sites is 1. The van der Waals surface area contributed by atoms with Gasteiger partial charge < -0.3 is 9.84 Å². The number of benzene rings is 1. The molecule has 0 bridgehead atoms. The third kappa shape index (κ3) is 2.89. The number of carboxylic acid groups (broad SMARTS) is 1. The molecule has 1 heterocycles. The molecule has 1 fully saturated rings. The van der Waals surface area contributed by atoms with Gasteiger partial charge in [0.2, 0.25) is 5.60 Å². The van der Waals surface area contributed by atoms with Crippen LogP contribution >= 0.6 is 0 Å². The van der Waals surface area contributed by atoms with Gasteiger partial charge in [-0.15, -0.1) is 0 Å². The van der Waals surface area contributed by atoms with Crippen molar-refractivity contribution in [3.63, 3.8) is 0 Å². The molecule has 2 aliphatic rings. The van der Waals surface area contributed by atoms with E-state index in [2.05, 4.69) is 0 Å². The summed E-state index contributed by atoms with van der Waals surface area (Å²) < 4.78 is 47.5.